The fourth-order valence-corrected chi connectivity index (χ4v) is 2.97. The Bertz CT molecular complexity index is 685. The largest absolute Gasteiger partial charge is 0.508 e. The predicted molar refractivity (Wildman–Crippen MR) is 82.0 cm³/mol. The molecule has 0 saturated heterocycles. The summed E-state index contributed by atoms with van der Waals surface area (Å²) in [5, 5.41) is 40.6. The van der Waals surface area contributed by atoms with Crippen LogP contribution in [0.15, 0.2) is 46.2 Å². The monoisotopic (exact) mass is 314 g/mol. The Morgan fingerprint density at radius 2 is 1.24 bits per heavy atom. The molecule has 21 heavy (non-hydrogen) atoms. The smallest absolute Gasteiger partial charge is 0.138 e. The topological polar surface area (TPSA) is 88.0 Å². The van der Waals surface area contributed by atoms with E-state index in [1.54, 1.807) is 36.4 Å². The van der Waals surface area contributed by atoms with E-state index in [2.05, 4.69) is 0 Å². The van der Waals surface area contributed by atoms with Crippen LogP contribution in [0.2, 0.25) is 0 Å². The van der Waals surface area contributed by atoms with Gasteiger partial charge >= 0.3 is 0 Å². The lowest BCUT2D eigenvalue weighted by atomic mass is 10.0. The van der Waals surface area contributed by atoms with Gasteiger partial charge in [0.25, 0.3) is 0 Å². The SMILES string of the molecule is N#CSc1cc(O)ccc1Cc1ccc(O)cc1SC#N. The zero-order valence-corrected chi connectivity index (χ0v) is 12.4. The Balaban J connectivity index is 2.39. The van der Waals surface area contributed by atoms with E-state index in [1.165, 1.54) is 0 Å². The van der Waals surface area contributed by atoms with E-state index in [0.717, 1.165) is 34.7 Å². The van der Waals surface area contributed by atoms with Crippen molar-refractivity contribution in [3.05, 3.63) is 47.5 Å². The van der Waals surface area contributed by atoms with Crippen LogP contribution in [0.5, 0.6) is 11.5 Å². The lowest BCUT2D eigenvalue weighted by Crippen LogP contribution is -1.93. The summed E-state index contributed by atoms with van der Waals surface area (Å²) < 4.78 is 0. The number of rotatable bonds is 4. The minimum Gasteiger partial charge on any atom is -0.508 e. The van der Waals surface area contributed by atoms with Gasteiger partial charge in [-0.2, -0.15) is 10.5 Å². The van der Waals surface area contributed by atoms with Crippen LogP contribution in [-0.4, -0.2) is 10.2 Å². The highest BCUT2D eigenvalue weighted by atomic mass is 32.2. The maximum atomic E-state index is 9.50. The van der Waals surface area contributed by atoms with E-state index >= 15 is 0 Å². The molecule has 2 N–H and O–H groups in total. The van der Waals surface area contributed by atoms with Crippen molar-refractivity contribution in [3.63, 3.8) is 0 Å². The minimum absolute atomic E-state index is 0.105. The molecule has 2 aromatic rings. The lowest BCUT2D eigenvalue weighted by molar-refractivity contribution is 0.473. The molecule has 0 aliphatic carbocycles. The number of thioether (sulfide) groups is 2. The molecule has 0 spiro atoms. The third-order valence-corrected chi connectivity index (χ3v) is 4.18. The second-order valence-electron chi connectivity index (χ2n) is 4.15. The fourth-order valence-electron chi connectivity index (χ4n) is 1.87. The summed E-state index contributed by atoms with van der Waals surface area (Å²) in [4.78, 5) is 1.36. The Morgan fingerprint density at radius 3 is 1.62 bits per heavy atom. The van der Waals surface area contributed by atoms with E-state index in [4.69, 9.17) is 10.5 Å². The van der Waals surface area contributed by atoms with Crippen LogP contribution in [0.4, 0.5) is 0 Å². The van der Waals surface area contributed by atoms with Crippen molar-refractivity contribution < 1.29 is 10.2 Å². The number of aromatic hydroxyl groups is 2. The van der Waals surface area contributed by atoms with E-state index in [0.29, 0.717) is 16.2 Å². The molecular formula is C15H10N2O2S2. The maximum absolute atomic E-state index is 9.50. The van der Waals surface area contributed by atoms with Gasteiger partial charge in [0.15, 0.2) is 0 Å². The second kappa shape index (κ2) is 6.94. The van der Waals surface area contributed by atoms with Crippen molar-refractivity contribution in [2.45, 2.75) is 16.2 Å². The van der Waals surface area contributed by atoms with Crippen molar-refractivity contribution in [1.29, 1.82) is 10.5 Å². The first-order valence-corrected chi connectivity index (χ1v) is 7.53. The van der Waals surface area contributed by atoms with Crippen LogP contribution in [-0.2, 0) is 6.42 Å². The van der Waals surface area contributed by atoms with Crippen LogP contribution >= 0.6 is 23.5 Å². The zero-order valence-electron chi connectivity index (χ0n) is 10.8. The van der Waals surface area contributed by atoms with Gasteiger partial charge in [0, 0.05) is 9.79 Å². The number of thiocyanates is 2. The molecule has 6 heteroatoms. The van der Waals surface area contributed by atoms with Gasteiger partial charge in [-0.1, -0.05) is 12.1 Å². The first kappa shape index (κ1) is 15.1. The summed E-state index contributed by atoms with van der Waals surface area (Å²) in [5.41, 5.74) is 1.76. The molecule has 4 nitrogen and oxygen atoms in total. The molecule has 0 saturated carbocycles. The van der Waals surface area contributed by atoms with Gasteiger partial charge in [0.05, 0.1) is 0 Å². The first-order chi connectivity index (χ1) is 10.1. The normalized spacial score (nSPS) is 9.81. The van der Waals surface area contributed by atoms with E-state index in [9.17, 15) is 10.2 Å². The molecule has 2 aromatic carbocycles. The van der Waals surface area contributed by atoms with Crippen LogP contribution in [0, 0.1) is 21.3 Å². The van der Waals surface area contributed by atoms with Crippen molar-refractivity contribution in [2.24, 2.45) is 0 Å². The summed E-state index contributed by atoms with van der Waals surface area (Å²) in [5.74, 6) is 0.211. The van der Waals surface area contributed by atoms with Gasteiger partial charge in [-0.05, 0) is 65.3 Å². The molecule has 2 rings (SSSR count). The molecule has 104 valence electrons. The number of hydrogen-bond acceptors (Lipinski definition) is 6. The van der Waals surface area contributed by atoms with Gasteiger partial charge in [-0.15, -0.1) is 0 Å². The molecule has 0 aromatic heterocycles. The standard InChI is InChI=1S/C15H10N2O2S2/c16-8-20-14-6-12(18)3-1-10(14)5-11-2-4-13(19)7-15(11)21-9-17/h1-4,6-7,18-19H,5H2. The van der Waals surface area contributed by atoms with Crippen molar-refractivity contribution >= 4 is 23.5 Å². The molecule has 0 aliphatic heterocycles. The molecule has 0 fully saturated rings. The molecule has 0 bridgehead atoms. The molecule has 0 aliphatic rings. The summed E-state index contributed by atoms with van der Waals surface area (Å²) in [6.45, 7) is 0. The number of phenolic OH excluding ortho intramolecular Hbond substituents is 2. The highest BCUT2D eigenvalue weighted by molar-refractivity contribution is 8.04. The predicted octanol–water partition coefficient (Wildman–Crippen LogP) is 3.83. The summed E-state index contributed by atoms with van der Waals surface area (Å²) in [6, 6.07) is 9.72. The van der Waals surface area contributed by atoms with Gasteiger partial charge in [0.2, 0.25) is 0 Å². The van der Waals surface area contributed by atoms with E-state index < -0.39 is 0 Å². The summed E-state index contributed by atoms with van der Waals surface area (Å²) >= 11 is 1.96. The van der Waals surface area contributed by atoms with Gasteiger partial charge in [-0.3, -0.25) is 0 Å². The number of nitriles is 2. The molecular weight excluding hydrogens is 304 g/mol. The highest BCUT2D eigenvalue weighted by Crippen LogP contribution is 2.32. The Morgan fingerprint density at radius 1 is 0.810 bits per heavy atom. The zero-order chi connectivity index (χ0) is 15.2. The van der Waals surface area contributed by atoms with E-state index in [-0.39, 0.29) is 11.5 Å². The van der Waals surface area contributed by atoms with Gasteiger partial charge in [0.1, 0.15) is 22.3 Å². The third-order valence-electron chi connectivity index (χ3n) is 2.79. The molecule has 0 atom stereocenters. The average Bonchev–Trinajstić information content (AvgIpc) is 2.45. The Kier molecular flexibility index (Phi) is 4.99. The van der Waals surface area contributed by atoms with Crippen LogP contribution < -0.4 is 0 Å². The highest BCUT2D eigenvalue weighted by Gasteiger charge is 2.10. The summed E-state index contributed by atoms with van der Waals surface area (Å²) in [6.07, 6.45) is 0.509. The minimum atomic E-state index is 0.105. The molecule has 0 unspecified atom stereocenters. The quantitative estimate of drug-likeness (QED) is 0.658. The Labute approximate surface area is 130 Å². The number of phenols is 2. The lowest BCUT2D eigenvalue weighted by Gasteiger charge is -2.10. The molecule has 0 amide bonds. The van der Waals surface area contributed by atoms with E-state index in [1.807, 2.05) is 10.8 Å². The first-order valence-electron chi connectivity index (χ1n) is 5.89. The summed E-state index contributed by atoms with van der Waals surface area (Å²) in [7, 11) is 0. The van der Waals surface area contributed by atoms with Crippen molar-refractivity contribution in [2.75, 3.05) is 0 Å². The van der Waals surface area contributed by atoms with Crippen molar-refractivity contribution in [1.82, 2.24) is 0 Å². The maximum Gasteiger partial charge on any atom is 0.138 e. The average molecular weight is 314 g/mol. The van der Waals surface area contributed by atoms with Gasteiger partial charge < -0.3 is 10.2 Å². The second-order valence-corrected chi connectivity index (χ2v) is 5.80. The van der Waals surface area contributed by atoms with Crippen LogP contribution in [0.3, 0.4) is 0 Å². The number of benzene rings is 2. The number of hydrogen-bond donors (Lipinski definition) is 2. The number of nitrogens with zero attached hydrogens (tertiary/aromatic N) is 2. The van der Waals surface area contributed by atoms with Gasteiger partial charge in [-0.25, -0.2) is 0 Å². The molecule has 0 radical (unpaired) electrons. The fraction of sp³-hybridized carbons (Fsp3) is 0.0667. The molecule has 0 heterocycles. The van der Waals surface area contributed by atoms with Crippen LogP contribution in [0.1, 0.15) is 11.1 Å². The van der Waals surface area contributed by atoms with Crippen LogP contribution in [0.25, 0.3) is 0 Å². The van der Waals surface area contributed by atoms with Crippen molar-refractivity contribution in [3.8, 4) is 22.3 Å². The third kappa shape index (κ3) is 3.85. The Hall–Kier alpha value is -2.28.